The lowest BCUT2D eigenvalue weighted by Gasteiger charge is -2.02. The predicted octanol–water partition coefficient (Wildman–Crippen LogP) is 1.92. The van der Waals surface area contributed by atoms with Crippen molar-refractivity contribution < 1.29 is 0 Å². The Balaban J connectivity index is 2.05. The van der Waals surface area contributed by atoms with Gasteiger partial charge in [0, 0.05) is 12.4 Å². The van der Waals surface area contributed by atoms with E-state index in [1.54, 1.807) is 18.7 Å². The van der Waals surface area contributed by atoms with Crippen LogP contribution in [0.1, 0.15) is 5.56 Å². The summed E-state index contributed by atoms with van der Waals surface area (Å²) in [5.41, 5.74) is 2.50. The Morgan fingerprint density at radius 1 is 1.12 bits per heavy atom. The fourth-order valence-corrected chi connectivity index (χ4v) is 1.83. The molecule has 0 spiro atoms. The van der Waals surface area contributed by atoms with Crippen LogP contribution in [-0.2, 0) is 6.54 Å². The normalized spacial score (nSPS) is 10.9. The van der Waals surface area contributed by atoms with Gasteiger partial charge in [0.05, 0.1) is 12.9 Å². The summed E-state index contributed by atoms with van der Waals surface area (Å²) in [6, 6.07) is 3.91. The summed E-state index contributed by atoms with van der Waals surface area (Å²) in [7, 11) is 0. The topological polar surface area (TPSA) is 56.5 Å². The van der Waals surface area contributed by atoms with Gasteiger partial charge in [0.25, 0.3) is 0 Å². The second-order valence-corrected chi connectivity index (χ2v) is 3.92. The molecule has 0 atom stereocenters. The number of rotatable bonds is 2. The molecule has 17 heavy (non-hydrogen) atoms. The smallest absolute Gasteiger partial charge is 0.165 e. The summed E-state index contributed by atoms with van der Waals surface area (Å²) in [6.45, 7) is 0.687. The highest BCUT2D eigenvalue weighted by atomic mass is 35.5. The molecule has 0 aliphatic heterocycles. The van der Waals surface area contributed by atoms with Crippen LogP contribution in [0.25, 0.3) is 11.2 Å². The maximum Gasteiger partial charge on any atom is 0.165 e. The van der Waals surface area contributed by atoms with Crippen LogP contribution in [0.3, 0.4) is 0 Å². The van der Waals surface area contributed by atoms with Crippen molar-refractivity contribution in [2.75, 3.05) is 0 Å². The van der Waals surface area contributed by atoms with Gasteiger partial charge in [-0.1, -0.05) is 11.6 Å². The van der Waals surface area contributed by atoms with E-state index in [2.05, 4.69) is 19.9 Å². The largest absolute Gasteiger partial charge is 0.311 e. The molecule has 0 saturated carbocycles. The molecule has 0 N–H and O–H groups in total. The van der Waals surface area contributed by atoms with Gasteiger partial charge in [-0.15, -0.1) is 0 Å². The zero-order chi connectivity index (χ0) is 11.7. The first kappa shape index (κ1) is 10.2. The highest BCUT2D eigenvalue weighted by Crippen LogP contribution is 2.17. The monoisotopic (exact) mass is 245 g/mol. The third-order valence-corrected chi connectivity index (χ3v) is 2.74. The SMILES string of the molecule is Clc1ncnc2c1ncn2Cc1ccncc1. The van der Waals surface area contributed by atoms with Crippen LogP contribution in [0.4, 0.5) is 0 Å². The summed E-state index contributed by atoms with van der Waals surface area (Å²) < 4.78 is 1.93. The van der Waals surface area contributed by atoms with Crippen LogP contribution < -0.4 is 0 Å². The van der Waals surface area contributed by atoms with Gasteiger partial charge in [-0.3, -0.25) is 4.98 Å². The van der Waals surface area contributed by atoms with Gasteiger partial charge in [-0.05, 0) is 17.7 Å². The molecule has 6 heteroatoms. The van der Waals surface area contributed by atoms with E-state index < -0.39 is 0 Å². The summed E-state index contributed by atoms with van der Waals surface area (Å²) in [5.74, 6) is 0. The lowest BCUT2D eigenvalue weighted by molar-refractivity contribution is 0.811. The average molecular weight is 246 g/mol. The van der Waals surface area contributed by atoms with Crippen LogP contribution in [0.15, 0.2) is 37.2 Å². The maximum absolute atomic E-state index is 5.94. The Morgan fingerprint density at radius 2 is 1.94 bits per heavy atom. The standard InChI is InChI=1S/C11H8ClN5/c12-10-9-11(15-6-14-10)17(7-16-9)5-8-1-3-13-4-2-8/h1-4,6-7H,5H2. The van der Waals surface area contributed by atoms with E-state index in [-0.39, 0.29) is 0 Å². The van der Waals surface area contributed by atoms with E-state index >= 15 is 0 Å². The summed E-state index contributed by atoms with van der Waals surface area (Å²) in [5, 5.41) is 0.378. The van der Waals surface area contributed by atoms with E-state index in [1.165, 1.54) is 6.33 Å². The van der Waals surface area contributed by atoms with Crippen molar-refractivity contribution in [2.45, 2.75) is 6.54 Å². The van der Waals surface area contributed by atoms with Crippen LogP contribution in [0.2, 0.25) is 5.15 Å². The van der Waals surface area contributed by atoms with Crippen molar-refractivity contribution in [2.24, 2.45) is 0 Å². The molecule has 5 nitrogen and oxygen atoms in total. The third kappa shape index (κ3) is 1.85. The lowest BCUT2D eigenvalue weighted by atomic mass is 10.3. The van der Waals surface area contributed by atoms with Crippen molar-refractivity contribution >= 4 is 22.8 Å². The van der Waals surface area contributed by atoms with E-state index in [4.69, 9.17) is 11.6 Å². The van der Waals surface area contributed by atoms with E-state index in [0.717, 1.165) is 11.2 Å². The second-order valence-electron chi connectivity index (χ2n) is 3.56. The zero-order valence-corrected chi connectivity index (χ0v) is 9.54. The molecular formula is C11H8ClN5. The Morgan fingerprint density at radius 3 is 2.76 bits per heavy atom. The van der Waals surface area contributed by atoms with E-state index in [9.17, 15) is 0 Å². The molecule has 0 amide bonds. The van der Waals surface area contributed by atoms with Gasteiger partial charge < -0.3 is 4.57 Å². The van der Waals surface area contributed by atoms with Gasteiger partial charge in [0.1, 0.15) is 11.8 Å². The molecule has 0 aliphatic rings. The second kappa shape index (κ2) is 4.10. The number of nitrogens with zero attached hydrogens (tertiary/aromatic N) is 5. The fourth-order valence-electron chi connectivity index (χ4n) is 1.65. The number of fused-ring (bicyclic) bond motifs is 1. The lowest BCUT2D eigenvalue weighted by Crippen LogP contribution is -1.99. The number of halogens is 1. The zero-order valence-electron chi connectivity index (χ0n) is 8.79. The summed E-state index contributed by atoms with van der Waals surface area (Å²) >= 11 is 5.94. The first-order chi connectivity index (χ1) is 8.34. The van der Waals surface area contributed by atoms with Crippen molar-refractivity contribution in [3.05, 3.63) is 47.9 Å². The number of hydrogen-bond acceptors (Lipinski definition) is 4. The molecule has 0 radical (unpaired) electrons. The van der Waals surface area contributed by atoms with Gasteiger partial charge >= 0.3 is 0 Å². The summed E-state index contributed by atoms with van der Waals surface area (Å²) in [4.78, 5) is 16.3. The van der Waals surface area contributed by atoms with Crippen LogP contribution in [0, 0.1) is 0 Å². The molecule has 0 unspecified atom stereocenters. The average Bonchev–Trinajstić information content (AvgIpc) is 2.76. The van der Waals surface area contributed by atoms with Gasteiger partial charge in [0.15, 0.2) is 10.8 Å². The van der Waals surface area contributed by atoms with Crippen molar-refractivity contribution in [3.63, 3.8) is 0 Å². The molecule has 3 aromatic rings. The first-order valence-electron chi connectivity index (χ1n) is 5.05. The van der Waals surface area contributed by atoms with Gasteiger partial charge in [-0.25, -0.2) is 15.0 Å². The van der Waals surface area contributed by atoms with Crippen molar-refractivity contribution in [1.29, 1.82) is 0 Å². The minimum atomic E-state index is 0.378. The highest BCUT2D eigenvalue weighted by molar-refractivity contribution is 6.33. The van der Waals surface area contributed by atoms with Crippen LogP contribution in [0.5, 0.6) is 0 Å². The Labute approximate surface area is 102 Å². The quantitative estimate of drug-likeness (QED) is 0.648. The molecule has 0 aliphatic carbocycles. The number of hydrogen-bond donors (Lipinski definition) is 0. The Kier molecular flexibility index (Phi) is 2.45. The predicted molar refractivity (Wildman–Crippen MR) is 63.7 cm³/mol. The molecule has 0 bridgehead atoms. The molecule has 84 valence electrons. The fraction of sp³-hybridized carbons (Fsp3) is 0.0909. The Bertz CT molecular complexity index is 649. The minimum absolute atomic E-state index is 0.378. The van der Waals surface area contributed by atoms with Crippen LogP contribution in [-0.4, -0.2) is 24.5 Å². The number of aromatic nitrogens is 5. The molecule has 3 rings (SSSR count). The minimum Gasteiger partial charge on any atom is -0.311 e. The van der Waals surface area contributed by atoms with Crippen molar-refractivity contribution in [1.82, 2.24) is 24.5 Å². The molecule has 0 fully saturated rings. The number of pyridine rings is 1. The first-order valence-corrected chi connectivity index (χ1v) is 5.42. The van der Waals surface area contributed by atoms with E-state index in [0.29, 0.717) is 17.2 Å². The third-order valence-electron chi connectivity index (χ3n) is 2.46. The molecule has 0 saturated heterocycles. The maximum atomic E-state index is 5.94. The molecule has 3 heterocycles. The summed E-state index contributed by atoms with van der Waals surface area (Å²) in [6.07, 6.45) is 6.67. The highest BCUT2D eigenvalue weighted by Gasteiger charge is 2.08. The van der Waals surface area contributed by atoms with Crippen LogP contribution >= 0.6 is 11.6 Å². The van der Waals surface area contributed by atoms with Crippen molar-refractivity contribution in [3.8, 4) is 0 Å². The van der Waals surface area contributed by atoms with E-state index in [1.807, 2.05) is 16.7 Å². The van der Waals surface area contributed by atoms with Gasteiger partial charge in [0.2, 0.25) is 0 Å². The molecule has 3 aromatic heterocycles. The number of imidazole rings is 1. The molecule has 0 aromatic carbocycles. The molecular weight excluding hydrogens is 238 g/mol. The Hall–Kier alpha value is -2.01. The van der Waals surface area contributed by atoms with Gasteiger partial charge in [-0.2, -0.15) is 0 Å².